The minimum atomic E-state index is -0.177. The second-order valence-corrected chi connectivity index (χ2v) is 6.97. The number of amides is 1. The number of carbonyl (C=O) groups is 1. The van der Waals surface area contributed by atoms with Gasteiger partial charge in [0.1, 0.15) is 12.7 Å². The fraction of sp³-hybridized carbons (Fsp3) is 0.143. The van der Waals surface area contributed by atoms with E-state index >= 15 is 0 Å². The van der Waals surface area contributed by atoms with Gasteiger partial charge in [-0.3, -0.25) is 4.79 Å². The molecule has 0 fully saturated rings. The van der Waals surface area contributed by atoms with E-state index in [1.165, 1.54) is 11.9 Å². The van der Waals surface area contributed by atoms with Gasteiger partial charge in [0.25, 0.3) is 0 Å². The zero-order valence-corrected chi connectivity index (χ0v) is 16.4. The number of aromatic nitrogens is 4. The highest BCUT2D eigenvalue weighted by atomic mass is 35.5. The molecule has 2 heterocycles. The third kappa shape index (κ3) is 4.52. The molecular weight excluding hydrogens is 390 g/mol. The lowest BCUT2D eigenvalue weighted by atomic mass is 10.1. The maximum atomic E-state index is 12.5. The lowest BCUT2D eigenvalue weighted by Gasteiger charge is -2.11. The third-order valence-corrected chi connectivity index (χ3v) is 4.59. The van der Waals surface area contributed by atoms with Gasteiger partial charge in [0, 0.05) is 23.4 Å². The van der Waals surface area contributed by atoms with Crippen molar-refractivity contribution in [3.05, 3.63) is 77.8 Å². The molecule has 8 heteroatoms. The topological polar surface area (TPSA) is 85.8 Å². The second-order valence-electron chi connectivity index (χ2n) is 6.53. The van der Waals surface area contributed by atoms with Crippen LogP contribution in [0, 0.1) is 6.92 Å². The first-order valence-corrected chi connectivity index (χ1v) is 9.42. The summed E-state index contributed by atoms with van der Waals surface area (Å²) < 4.78 is 7.34. The molecule has 0 radical (unpaired) electrons. The lowest BCUT2D eigenvalue weighted by Crippen LogP contribution is -2.14. The second kappa shape index (κ2) is 8.28. The maximum Gasteiger partial charge on any atom is 0.224 e. The van der Waals surface area contributed by atoms with Crippen LogP contribution in [0.1, 0.15) is 17.9 Å². The minimum absolute atomic E-state index is 0.177. The number of halogens is 1. The van der Waals surface area contributed by atoms with E-state index in [4.69, 9.17) is 16.0 Å². The van der Waals surface area contributed by atoms with Crippen LogP contribution in [0.5, 0.6) is 0 Å². The van der Waals surface area contributed by atoms with Crippen molar-refractivity contribution in [3.8, 4) is 17.0 Å². The van der Waals surface area contributed by atoms with Crippen LogP contribution in [-0.2, 0) is 11.2 Å². The molecule has 0 spiro atoms. The average Bonchev–Trinajstić information content (AvgIpc) is 3.39. The predicted octanol–water partition coefficient (Wildman–Crippen LogP) is 4.46. The standard InChI is InChI=1S/C21H18ClN5O2/c1-14-2-4-15(5-3-14)19-11-24-21(29-19)9-8-20(28)26-17-10-16(22)6-7-18(17)27-13-23-12-25-27/h2-7,10-13H,8-9H2,1H3,(H,26,28). The van der Waals surface area contributed by atoms with E-state index in [-0.39, 0.29) is 12.3 Å². The number of carbonyl (C=O) groups excluding carboxylic acids is 1. The molecule has 4 aromatic rings. The van der Waals surface area contributed by atoms with Gasteiger partial charge in [-0.15, -0.1) is 0 Å². The van der Waals surface area contributed by atoms with Gasteiger partial charge in [-0.1, -0.05) is 41.4 Å². The van der Waals surface area contributed by atoms with Crippen LogP contribution in [0.15, 0.2) is 65.7 Å². The van der Waals surface area contributed by atoms with Crippen LogP contribution >= 0.6 is 11.6 Å². The predicted molar refractivity (Wildman–Crippen MR) is 110 cm³/mol. The summed E-state index contributed by atoms with van der Waals surface area (Å²) in [5.41, 5.74) is 3.37. The number of aryl methyl sites for hydroxylation is 2. The fourth-order valence-corrected chi connectivity index (χ4v) is 3.02. The molecular formula is C21H18ClN5O2. The minimum Gasteiger partial charge on any atom is -0.441 e. The summed E-state index contributed by atoms with van der Waals surface area (Å²) in [7, 11) is 0. The van der Waals surface area contributed by atoms with Crippen LogP contribution in [-0.4, -0.2) is 25.7 Å². The molecule has 0 atom stereocenters. The number of oxazole rings is 1. The van der Waals surface area contributed by atoms with Crippen molar-refractivity contribution in [1.29, 1.82) is 0 Å². The van der Waals surface area contributed by atoms with Gasteiger partial charge in [-0.25, -0.2) is 14.6 Å². The Bertz CT molecular complexity index is 1120. The zero-order valence-electron chi connectivity index (χ0n) is 15.7. The smallest absolute Gasteiger partial charge is 0.224 e. The summed E-state index contributed by atoms with van der Waals surface area (Å²) in [4.78, 5) is 20.7. The van der Waals surface area contributed by atoms with Gasteiger partial charge < -0.3 is 9.73 Å². The van der Waals surface area contributed by atoms with E-state index in [2.05, 4.69) is 20.4 Å². The van der Waals surface area contributed by atoms with E-state index in [1.807, 2.05) is 31.2 Å². The molecule has 1 amide bonds. The molecule has 0 bridgehead atoms. The quantitative estimate of drug-likeness (QED) is 0.510. The summed E-state index contributed by atoms with van der Waals surface area (Å²) in [5.74, 6) is 1.02. The maximum absolute atomic E-state index is 12.5. The summed E-state index contributed by atoms with van der Waals surface area (Å²) in [6.07, 6.45) is 5.26. The van der Waals surface area contributed by atoms with Crippen LogP contribution in [0.25, 0.3) is 17.0 Å². The molecule has 0 aliphatic rings. The Kier molecular flexibility index (Phi) is 5.39. The van der Waals surface area contributed by atoms with Crippen molar-refractivity contribution in [2.24, 2.45) is 0 Å². The molecule has 7 nitrogen and oxygen atoms in total. The van der Waals surface area contributed by atoms with Crippen molar-refractivity contribution >= 4 is 23.2 Å². The number of anilines is 1. The molecule has 4 rings (SSSR count). The van der Waals surface area contributed by atoms with Crippen molar-refractivity contribution in [2.45, 2.75) is 19.8 Å². The van der Waals surface area contributed by atoms with E-state index in [0.717, 1.165) is 5.56 Å². The highest BCUT2D eigenvalue weighted by molar-refractivity contribution is 6.31. The molecule has 1 N–H and O–H groups in total. The molecule has 0 aliphatic carbocycles. The van der Waals surface area contributed by atoms with Gasteiger partial charge in [0.2, 0.25) is 5.91 Å². The molecule has 0 saturated carbocycles. The van der Waals surface area contributed by atoms with Crippen molar-refractivity contribution < 1.29 is 9.21 Å². The summed E-state index contributed by atoms with van der Waals surface area (Å²) in [6.45, 7) is 2.03. The highest BCUT2D eigenvalue weighted by Crippen LogP contribution is 2.25. The summed E-state index contributed by atoms with van der Waals surface area (Å²) in [6, 6.07) is 13.2. The van der Waals surface area contributed by atoms with E-state index < -0.39 is 0 Å². The molecule has 0 saturated heterocycles. The first-order chi connectivity index (χ1) is 14.1. The molecule has 29 heavy (non-hydrogen) atoms. The van der Waals surface area contributed by atoms with E-state index in [1.54, 1.807) is 35.4 Å². The van der Waals surface area contributed by atoms with Gasteiger partial charge >= 0.3 is 0 Å². The van der Waals surface area contributed by atoms with Crippen LogP contribution in [0.3, 0.4) is 0 Å². The summed E-state index contributed by atoms with van der Waals surface area (Å²) >= 11 is 6.08. The Morgan fingerprint density at radius 3 is 2.79 bits per heavy atom. The van der Waals surface area contributed by atoms with Crippen LogP contribution in [0.2, 0.25) is 5.02 Å². The number of benzene rings is 2. The number of hydrogen-bond donors (Lipinski definition) is 1. The first-order valence-electron chi connectivity index (χ1n) is 9.04. The molecule has 0 aliphatic heterocycles. The van der Waals surface area contributed by atoms with E-state index in [0.29, 0.717) is 34.5 Å². The Labute approximate surface area is 172 Å². The SMILES string of the molecule is Cc1ccc(-c2cnc(CCC(=O)Nc3cc(Cl)ccc3-n3cncn3)o2)cc1. The molecule has 2 aromatic heterocycles. The largest absolute Gasteiger partial charge is 0.441 e. The molecule has 2 aromatic carbocycles. The van der Waals surface area contributed by atoms with Crippen LogP contribution < -0.4 is 5.32 Å². The Morgan fingerprint density at radius 2 is 2.03 bits per heavy atom. The monoisotopic (exact) mass is 407 g/mol. The average molecular weight is 408 g/mol. The summed E-state index contributed by atoms with van der Waals surface area (Å²) in [5, 5.41) is 7.49. The van der Waals surface area contributed by atoms with Gasteiger partial charge in [0.15, 0.2) is 11.7 Å². The number of nitrogens with zero attached hydrogens (tertiary/aromatic N) is 4. The van der Waals surface area contributed by atoms with Gasteiger partial charge in [0.05, 0.1) is 17.6 Å². The number of rotatable bonds is 6. The number of nitrogens with one attached hydrogen (secondary N) is 1. The fourth-order valence-electron chi connectivity index (χ4n) is 2.85. The first kappa shape index (κ1) is 18.9. The van der Waals surface area contributed by atoms with Crippen molar-refractivity contribution in [3.63, 3.8) is 0 Å². The van der Waals surface area contributed by atoms with Crippen molar-refractivity contribution in [1.82, 2.24) is 19.7 Å². The van der Waals surface area contributed by atoms with Gasteiger partial charge in [-0.05, 0) is 25.1 Å². The molecule has 146 valence electrons. The Hall–Kier alpha value is -3.45. The Balaban J connectivity index is 1.41. The van der Waals surface area contributed by atoms with Gasteiger partial charge in [-0.2, -0.15) is 5.10 Å². The number of hydrogen-bond acceptors (Lipinski definition) is 5. The third-order valence-electron chi connectivity index (χ3n) is 4.35. The zero-order chi connectivity index (χ0) is 20.2. The van der Waals surface area contributed by atoms with Crippen molar-refractivity contribution in [2.75, 3.05) is 5.32 Å². The normalized spacial score (nSPS) is 10.8. The van der Waals surface area contributed by atoms with Crippen LogP contribution in [0.4, 0.5) is 5.69 Å². The lowest BCUT2D eigenvalue weighted by molar-refractivity contribution is -0.116. The molecule has 0 unspecified atom stereocenters. The highest BCUT2D eigenvalue weighted by Gasteiger charge is 2.12. The Morgan fingerprint density at radius 1 is 1.21 bits per heavy atom. The van der Waals surface area contributed by atoms with E-state index in [9.17, 15) is 4.79 Å².